The Morgan fingerprint density at radius 2 is 1.91 bits per heavy atom. The van der Waals surface area contributed by atoms with Crippen LogP contribution in [0.25, 0.3) is 0 Å². The molecule has 1 spiro atoms. The maximum atomic E-state index is 4.46. The van der Waals surface area contributed by atoms with Gasteiger partial charge in [0.05, 0.1) is 0 Å². The van der Waals surface area contributed by atoms with Gasteiger partial charge >= 0.3 is 0 Å². The summed E-state index contributed by atoms with van der Waals surface area (Å²) in [6.07, 6.45) is 4.53. The lowest BCUT2D eigenvalue weighted by Crippen LogP contribution is -2.71. The molecular weight excluding hydrogens is 272 g/mol. The molecule has 0 atom stereocenters. The third kappa shape index (κ3) is 3.28. The third-order valence-electron chi connectivity index (χ3n) is 5.22. The molecule has 0 aliphatic carbocycles. The predicted octanol–water partition coefficient (Wildman–Crippen LogP) is 2.23. The summed E-state index contributed by atoms with van der Waals surface area (Å²) >= 11 is 0. The zero-order valence-electron chi connectivity index (χ0n) is 14.1. The van der Waals surface area contributed by atoms with Crippen molar-refractivity contribution in [3.05, 3.63) is 24.4 Å². The van der Waals surface area contributed by atoms with Gasteiger partial charge in [0.2, 0.25) is 0 Å². The van der Waals surface area contributed by atoms with E-state index in [9.17, 15) is 0 Å². The maximum Gasteiger partial charge on any atom is 0.128 e. The van der Waals surface area contributed by atoms with E-state index in [4.69, 9.17) is 0 Å². The Morgan fingerprint density at radius 3 is 2.45 bits per heavy atom. The molecule has 4 heterocycles. The lowest BCUT2D eigenvalue weighted by atomic mass is 9.74. The number of hydrogen-bond donors (Lipinski definition) is 1. The van der Waals surface area contributed by atoms with Gasteiger partial charge in [-0.3, -0.25) is 0 Å². The molecule has 0 saturated carbocycles. The Balaban J connectivity index is 0.000000693. The summed E-state index contributed by atoms with van der Waals surface area (Å²) in [5.41, 5.74) is 0.675. The monoisotopic (exact) mass is 302 g/mol. The fraction of sp³-hybridized carbons (Fsp3) is 0.722. The summed E-state index contributed by atoms with van der Waals surface area (Å²) in [6.45, 7) is 12.8. The van der Waals surface area contributed by atoms with Gasteiger partial charge in [-0.25, -0.2) is 4.98 Å². The number of anilines is 1. The van der Waals surface area contributed by atoms with Gasteiger partial charge in [0.15, 0.2) is 0 Å². The van der Waals surface area contributed by atoms with Crippen LogP contribution < -0.4 is 10.2 Å². The van der Waals surface area contributed by atoms with Crippen LogP contribution in [0.15, 0.2) is 24.4 Å². The van der Waals surface area contributed by atoms with Crippen LogP contribution in [0.2, 0.25) is 0 Å². The van der Waals surface area contributed by atoms with Crippen LogP contribution in [0, 0.1) is 11.3 Å². The van der Waals surface area contributed by atoms with E-state index in [1.807, 2.05) is 26.1 Å². The van der Waals surface area contributed by atoms with Gasteiger partial charge in [-0.1, -0.05) is 19.9 Å². The minimum atomic E-state index is 0.675. The van der Waals surface area contributed by atoms with Gasteiger partial charge in [0, 0.05) is 57.4 Å². The summed E-state index contributed by atoms with van der Waals surface area (Å²) in [4.78, 5) is 9.57. The SMILES string of the molecule is CC.c1ccc(N2CCC(CN3CC4(CNC4)C3)CC2)nc1. The molecule has 3 aliphatic rings. The van der Waals surface area contributed by atoms with E-state index >= 15 is 0 Å². The summed E-state index contributed by atoms with van der Waals surface area (Å²) < 4.78 is 0. The van der Waals surface area contributed by atoms with E-state index in [0.29, 0.717) is 5.41 Å². The molecule has 4 heteroatoms. The number of aromatic nitrogens is 1. The second-order valence-corrected chi connectivity index (χ2v) is 6.89. The average Bonchev–Trinajstić information content (AvgIpc) is 2.52. The lowest BCUT2D eigenvalue weighted by molar-refractivity contribution is -0.0485. The molecule has 3 aliphatic heterocycles. The van der Waals surface area contributed by atoms with Gasteiger partial charge in [0.25, 0.3) is 0 Å². The highest BCUT2D eigenvalue weighted by Gasteiger charge is 2.47. The zero-order valence-corrected chi connectivity index (χ0v) is 14.1. The maximum absolute atomic E-state index is 4.46. The third-order valence-corrected chi connectivity index (χ3v) is 5.22. The van der Waals surface area contributed by atoms with Crippen molar-refractivity contribution in [3.8, 4) is 0 Å². The molecule has 4 rings (SSSR count). The van der Waals surface area contributed by atoms with E-state index in [1.165, 1.54) is 58.7 Å². The molecule has 0 radical (unpaired) electrons. The number of piperidine rings is 1. The molecule has 3 fully saturated rings. The molecule has 122 valence electrons. The van der Waals surface area contributed by atoms with E-state index in [0.717, 1.165) is 11.7 Å². The quantitative estimate of drug-likeness (QED) is 0.928. The topological polar surface area (TPSA) is 31.4 Å². The predicted molar refractivity (Wildman–Crippen MR) is 92.3 cm³/mol. The molecule has 3 saturated heterocycles. The minimum Gasteiger partial charge on any atom is -0.357 e. The Morgan fingerprint density at radius 1 is 1.18 bits per heavy atom. The molecule has 4 nitrogen and oxygen atoms in total. The molecule has 0 amide bonds. The van der Waals surface area contributed by atoms with Gasteiger partial charge < -0.3 is 15.1 Å². The molecule has 0 aromatic carbocycles. The number of nitrogens with zero attached hydrogens (tertiary/aromatic N) is 3. The second-order valence-electron chi connectivity index (χ2n) is 6.89. The summed E-state index contributed by atoms with van der Waals surface area (Å²) in [5, 5.41) is 3.41. The first-order chi connectivity index (χ1) is 10.8. The van der Waals surface area contributed by atoms with Crippen LogP contribution in [-0.4, -0.2) is 55.7 Å². The van der Waals surface area contributed by atoms with E-state index in [-0.39, 0.29) is 0 Å². The second kappa shape index (κ2) is 6.97. The van der Waals surface area contributed by atoms with Crippen molar-refractivity contribution in [2.24, 2.45) is 11.3 Å². The molecule has 0 bridgehead atoms. The first-order valence-electron chi connectivity index (χ1n) is 8.92. The molecule has 1 aromatic rings. The van der Waals surface area contributed by atoms with Crippen LogP contribution in [0.4, 0.5) is 5.82 Å². The molecular formula is C18H30N4. The Kier molecular flexibility index (Phi) is 4.99. The van der Waals surface area contributed by atoms with E-state index < -0.39 is 0 Å². The summed E-state index contributed by atoms with van der Waals surface area (Å²) in [6, 6.07) is 6.20. The minimum absolute atomic E-state index is 0.675. The highest BCUT2D eigenvalue weighted by Crippen LogP contribution is 2.35. The van der Waals surface area contributed by atoms with Crippen LogP contribution >= 0.6 is 0 Å². The Hall–Kier alpha value is -1.13. The number of pyridine rings is 1. The molecule has 1 N–H and O–H groups in total. The van der Waals surface area contributed by atoms with Crippen molar-refractivity contribution in [1.29, 1.82) is 0 Å². The van der Waals surface area contributed by atoms with Crippen molar-refractivity contribution in [2.45, 2.75) is 26.7 Å². The highest BCUT2D eigenvalue weighted by atomic mass is 15.3. The van der Waals surface area contributed by atoms with Crippen molar-refractivity contribution in [1.82, 2.24) is 15.2 Å². The van der Waals surface area contributed by atoms with E-state index in [1.54, 1.807) is 0 Å². The number of likely N-dealkylation sites (tertiary alicyclic amines) is 1. The van der Waals surface area contributed by atoms with Crippen molar-refractivity contribution < 1.29 is 0 Å². The summed E-state index contributed by atoms with van der Waals surface area (Å²) in [7, 11) is 0. The first kappa shape index (κ1) is 15.8. The normalized spacial score (nSPS) is 24.2. The standard InChI is InChI=1S/C16H24N4.C2H6/c1-2-6-18-15(3-1)20-7-4-14(5-8-20)9-19-12-16(13-19)10-17-11-16;1-2/h1-3,6,14,17H,4-5,7-13H2;1-2H3. The van der Waals surface area contributed by atoms with Gasteiger partial charge in [-0.15, -0.1) is 0 Å². The number of rotatable bonds is 3. The van der Waals surface area contributed by atoms with Crippen LogP contribution in [0.3, 0.4) is 0 Å². The Labute approximate surface area is 134 Å². The molecule has 1 aromatic heterocycles. The van der Waals surface area contributed by atoms with Crippen molar-refractivity contribution in [2.75, 3.05) is 50.7 Å². The van der Waals surface area contributed by atoms with Crippen LogP contribution in [0.1, 0.15) is 26.7 Å². The van der Waals surface area contributed by atoms with Crippen LogP contribution in [-0.2, 0) is 0 Å². The first-order valence-corrected chi connectivity index (χ1v) is 8.92. The highest BCUT2D eigenvalue weighted by molar-refractivity contribution is 5.37. The van der Waals surface area contributed by atoms with E-state index in [2.05, 4.69) is 32.2 Å². The summed E-state index contributed by atoms with van der Waals surface area (Å²) in [5.74, 6) is 2.04. The Bertz CT molecular complexity index is 441. The number of nitrogens with one attached hydrogen (secondary N) is 1. The molecule has 22 heavy (non-hydrogen) atoms. The average molecular weight is 302 g/mol. The van der Waals surface area contributed by atoms with Gasteiger partial charge in [-0.05, 0) is 30.9 Å². The van der Waals surface area contributed by atoms with Crippen LogP contribution in [0.5, 0.6) is 0 Å². The van der Waals surface area contributed by atoms with Gasteiger partial charge in [-0.2, -0.15) is 0 Å². The number of hydrogen-bond acceptors (Lipinski definition) is 4. The fourth-order valence-corrected chi connectivity index (χ4v) is 3.98. The van der Waals surface area contributed by atoms with Gasteiger partial charge in [0.1, 0.15) is 5.82 Å². The fourth-order valence-electron chi connectivity index (χ4n) is 3.98. The molecule has 0 unspecified atom stereocenters. The lowest BCUT2D eigenvalue weighted by Gasteiger charge is -2.57. The zero-order chi connectivity index (χ0) is 15.4. The van der Waals surface area contributed by atoms with Crippen molar-refractivity contribution in [3.63, 3.8) is 0 Å². The smallest absolute Gasteiger partial charge is 0.128 e. The largest absolute Gasteiger partial charge is 0.357 e. The van der Waals surface area contributed by atoms with Crippen molar-refractivity contribution >= 4 is 5.82 Å².